The number of nitrogens with zero attached hydrogens (tertiary/aromatic N) is 2. The Labute approximate surface area is 110 Å². The first-order chi connectivity index (χ1) is 9.06. The van der Waals surface area contributed by atoms with E-state index < -0.39 is 5.91 Å². The normalized spacial score (nSPS) is 10.2. The fraction of sp³-hybridized carbons (Fsp3) is 0.154. The van der Waals surface area contributed by atoms with E-state index in [1.807, 2.05) is 6.92 Å². The summed E-state index contributed by atoms with van der Waals surface area (Å²) in [4.78, 5) is 19.7. The summed E-state index contributed by atoms with van der Waals surface area (Å²) in [6.45, 7) is 2.33. The number of hydrogen-bond donors (Lipinski definition) is 3. The fourth-order valence-corrected chi connectivity index (χ4v) is 1.62. The first-order valence-electron chi connectivity index (χ1n) is 5.77. The van der Waals surface area contributed by atoms with Crippen molar-refractivity contribution in [1.29, 1.82) is 0 Å². The van der Waals surface area contributed by atoms with Crippen molar-refractivity contribution in [1.82, 2.24) is 9.97 Å². The molecule has 2 rings (SSSR count). The summed E-state index contributed by atoms with van der Waals surface area (Å²) >= 11 is 0. The number of nitrogen functional groups attached to an aromatic ring is 1. The van der Waals surface area contributed by atoms with Crippen LogP contribution in [-0.2, 0) is 6.54 Å². The molecule has 0 unspecified atom stereocenters. The minimum atomic E-state index is -0.523. The van der Waals surface area contributed by atoms with Gasteiger partial charge in [0.25, 0.3) is 5.91 Å². The van der Waals surface area contributed by atoms with Crippen LogP contribution in [0.15, 0.2) is 30.6 Å². The summed E-state index contributed by atoms with van der Waals surface area (Å²) in [6, 6.07) is 4.97. The zero-order chi connectivity index (χ0) is 13.8. The highest BCUT2D eigenvalue weighted by atomic mass is 16.1. The molecule has 1 aromatic heterocycles. The zero-order valence-corrected chi connectivity index (χ0v) is 10.6. The van der Waals surface area contributed by atoms with Crippen molar-refractivity contribution in [2.24, 2.45) is 5.73 Å². The first-order valence-corrected chi connectivity index (χ1v) is 5.77. The quantitative estimate of drug-likeness (QED) is 0.710. The molecule has 0 bridgehead atoms. The van der Waals surface area contributed by atoms with Gasteiger partial charge in [-0.05, 0) is 25.1 Å². The smallest absolute Gasteiger partial charge is 0.250 e. The van der Waals surface area contributed by atoms with Crippen LogP contribution in [0.25, 0.3) is 0 Å². The molecule has 1 aromatic carbocycles. The Balaban J connectivity index is 2.15. The van der Waals surface area contributed by atoms with Crippen molar-refractivity contribution in [2.45, 2.75) is 13.5 Å². The molecule has 1 heterocycles. The predicted molar refractivity (Wildman–Crippen MR) is 73.5 cm³/mol. The van der Waals surface area contributed by atoms with Gasteiger partial charge in [0.1, 0.15) is 0 Å². The van der Waals surface area contributed by atoms with Crippen molar-refractivity contribution in [2.75, 3.05) is 11.1 Å². The van der Waals surface area contributed by atoms with Gasteiger partial charge in [0.15, 0.2) is 0 Å². The molecular weight excluding hydrogens is 242 g/mol. The van der Waals surface area contributed by atoms with E-state index in [4.69, 9.17) is 11.5 Å². The molecule has 2 aromatic rings. The Morgan fingerprint density at radius 3 is 2.74 bits per heavy atom. The number of carbonyl (C=O) groups excluding carboxylic acids is 1. The largest absolute Gasteiger partial charge is 0.399 e. The summed E-state index contributed by atoms with van der Waals surface area (Å²) in [5.41, 5.74) is 14.1. The van der Waals surface area contributed by atoms with Crippen LogP contribution in [0.2, 0.25) is 0 Å². The molecule has 6 heteroatoms. The average molecular weight is 257 g/mol. The average Bonchev–Trinajstić information content (AvgIpc) is 2.39. The second-order valence-electron chi connectivity index (χ2n) is 4.17. The Morgan fingerprint density at radius 1 is 1.32 bits per heavy atom. The van der Waals surface area contributed by atoms with Gasteiger partial charge in [-0.1, -0.05) is 0 Å². The van der Waals surface area contributed by atoms with Gasteiger partial charge in [0.2, 0.25) is 0 Å². The molecule has 0 saturated heterocycles. The summed E-state index contributed by atoms with van der Waals surface area (Å²) in [5.74, 6) is -0.523. The van der Waals surface area contributed by atoms with Gasteiger partial charge in [-0.15, -0.1) is 0 Å². The van der Waals surface area contributed by atoms with Gasteiger partial charge >= 0.3 is 0 Å². The molecule has 0 saturated carbocycles. The third-order valence-electron chi connectivity index (χ3n) is 2.60. The summed E-state index contributed by atoms with van der Waals surface area (Å²) in [7, 11) is 0. The molecule has 1 amide bonds. The lowest BCUT2D eigenvalue weighted by Crippen LogP contribution is -2.15. The Hall–Kier alpha value is -2.63. The standard InChI is InChI=1S/C13H15N5O/c1-8-5-17-10(6-16-8)7-18-12-3-2-9(14)4-11(12)13(15)19/h2-6,18H,7,14H2,1H3,(H2,15,19). The van der Waals surface area contributed by atoms with Gasteiger partial charge in [-0.3, -0.25) is 14.8 Å². The SMILES string of the molecule is Cc1cnc(CNc2ccc(N)cc2C(N)=O)cn1. The van der Waals surface area contributed by atoms with Gasteiger partial charge < -0.3 is 16.8 Å². The number of amides is 1. The summed E-state index contributed by atoms with van der Waals surface area (Å²) < 4.78 is 0. The lowest BCUT2D eigenvalue weighted by Gasteiger charge is -2.10. The molecule has 6 nitrogen and oxygen atoms in total. The number of primary amides is 1. The molecule has 98 valence electrons. The van der Waals surface area contributed by atoms with Crippen LogP contribution in [0.5, 0.6) is 0 Å². The molecule has 0 radical (unpaired) electrons. The number of carbonyl (C=O) groups is 1. The van der Waals surface area contributed by atoms with E-state index in [1.54, 1.807) is 30.6 Å². The van der Waals surface area contributed by atoms with E-state index in [9.17, 15) is 4.79 Å². The molecule has 0 spiro atoms. The van der Waals surface area contributed by atoms with Crippen molar-refractivity contribution in [3.63, 3.8) is 0 Å². The number of anilines is 2. The van der Waals surface area contributed by atoms with Crippen LogP contribution >= 0.6 is 0 Å². The van der Waals surface area contributed by atoms with Gasteiger partial charge in [0.05, 0.1) is 29.7 Å². The van der Waals surface area contributed by atoms with Crippen LogP contribution < -0.4 is 16.8 Å². The number of aromatic nitrogens is 2. The van der Waals surface area contributed by atoms with E-state index in [0.717, 1.165) is 11.4 Å². The first kappa shape index (κ1) is 12.8. The molecule has 0 aliphatic carbocycles. The minimum absolute atomic E-state index is 0.361. The van der Waals surface area contributed by atoms with E-state index in [1.165, 1.54) is 0 Å². The van der Waals surface area contributed by atoms with Crippen molar-refractivity contribution < 1.29 is 4.79 Å². The zero-order valence-electron chi connectivity index (χ0n) is 10.6. The van der Waals surface area contributed by atoms with Crippen LogP contribution in [-0.4, -0.2) is 15.9 Å². The number of nitrogens with two attached hydrogens (primary N) is 2. The number of aryl methyl sites for hydroxylation is 1. The highest BCUT2D eigenvalue weighted by molar-refractivity contribution is 5.99. The van der Waals surface area contributed by atoms with E-state index >= 15 is 0 Å². The molecule has 5 N–H and O–H groups in total. The van der Waals surface area contributed by atoms with Crippen LogP contribution in [0.3, 0.4) is 0 Å². The highest BCUT2D eigenvalue weighted by Crippen LogP contribution is 2.18. The minimum Gasteiger partial charge on any atom is -0.399 e. The Kier molecular flexibility index (Phi) is 3.61. The van der Waals surface area contributed by atoms with Crippen molar-refractivity contribution in [3.8, 4) is 0 Å². The highest BCUT2D eigenvalue weighted by Gasteiger charge is 2.08. The van der Waals surface area contributed by atoms with Gasteiger partial charge in [-0.25, -0.2) is 0 Å². The molecule has 0 fully saturated rings. The maximum atomic E-state index is 11.3. The maximum Gasteiger partial charge on any atom is 0.250 e. The van der Waals surface area contributed by atoms with Crippen LogP contribution in [0, 0.1) is 6.92 Å². The predicted octanol–water partition coefficient (Wildman–Crippen LogP) is 1.08. The second-order valence-corrected chi connectivity index (χ2v) is 4.17. The van der Waals surface area contributed by atoms with E-state index in [-0.39, 0.29) is 0 Å². The third-order valence-corrected chi connectivity index (χ3v) is 2.60. The molecule has 0 aliphatic heterocycles. The second kappa shape index (κ2) is 5.34. The van der Waals surface area contributed by atoms with Crippen molar-refractivity contribution >= 4 is 17.3 Å². The topological polar surface area (TPSA) is 107 Å². The third kappa shape index (κ3) is 3.19. The monoisotopic (exact) mass is 257 g/mol. The van der Waals surface area contributed by atoms with Gasteiger partial charge in [0, 0.05) is 17.6 Å². The molecular formula is C13H15N5O. The number of benzene rings is 1. The fourth-order valence-electron chi connectivity index (χ4n) is 1.62. The number of hydrogen-bond acceptors (Lipinski definition) is 5. The molecule has 0 atom stereocenters. The lowest BCUT2D eigenvalue weighted by atomic mass is 10.1. The van der Waals surface area contributed by atoms with E-state index in [2.05, 4.69) is 15.3 Å². The van der Waals surface area contributed by atoms with Crippen molar-refractivity contribution in [3.05, 3.63) is 47.5 Å². The van der Waals surface area contributed by atoms with Gasteiger partial charge in [-0.2, -0.15) is 0 Å². The number of nitrogens with one attached hydrogen (secondary N) is 1. The van der Waals surface area contributed by atoms with E-state index in [0.29, 0.717) is 23.5 Å². The molecule has 0 aliphatic rings. The Morgan fingerprint density at radius 2 is 2.11 bits per heavy atom. The number of rotatable bonds is 4. The summed E-state index contributed by atoms with van der Waals surface area (Å²) in [6.07, 6.45) is 3.37. The lowest BCUT2D eigenvalue weighted by molar-refractivity contribution is 0.100. The van der Waals surface area contributed by atoms with Crippen LogP contribution in [0.4, 0.5) is 11.4 Å². The molecule has 19 heavy (non-hydrogen) atoms. The van der Waals surface area contributed by atoms with Crippen LogP contribution in [0.1, 0.15) is 21.7 Å². The maximum absolute atomic E-state index is 11.3. The Bertz CT molecular complexity index is 594. The summed E-state index contributed by atoms with van der Waals surface area (Å²) in [5, 5.41) is 3.10.